The van der Waals surface area contributed by atoms with Crippen LogP contribution in [0.25, 0.3) is 0 Å². The molecule has 0 radical (unpaired) electrons. The smallest absolute Gasteiger partial charge is 0.230 e. The zero-order valence-electron chi connectivity index (χ0n) is 16.9. The molecule has 0 unspecified atom stereocenters. The van der Waals surface area contributed by atoms with Gasteiger partial charge in [-0.05, 0) is 38.5 Å². The molecule has 1 amide bonds. The molecule has 29 heavy (non-hydrogen) atoms. The van der Waals surface area contributed by atoms with Gasteiger partial charge in [0.25, 0.3) is 0 Å². The van der Waals surface area contributed by atoms with Crippen molar-refractivity contribution in [2.24, 2.45) is 0 Å². The molecule has 3 rings (SSSR count). The number of hydrogen-bond acceptors (Lipinski definition) is 5. The monoisotopic (exact) mass is 410 g/mol. The number of thioether (sulfide) groups is 1. The predicted molar refractivity (Wildman–Crippen MR) is 115 cm³/mol. The van der Waals surface area contributed by atoms with E-state index in [-0.39, 0.29) is 23.8 Å². The number of para-hydroxylation sites is 1. The largest absolute Gasteiger partial charge is 0.483 e. The summed E-state index contributed by atoms with van der Waals surface area (Å²) in [7, 11) is 0. The molecule has 0 saturated heterocycles. The maximum atomic E-state index is 12.4. The highest BCUT2D eigenvalue weighted by Gasteiger charge is 2.19. The van der Waals surface area contributed by atoms with Gasteiger partial charge in [-0.3, -0.25) is 4.79 Å². The lowest BCUT2D eigenvalue weighted by molar-refractivity contribution is -0.119. The van der Waals surface area contributed by atoms with E-state index in [0.29, 0.717) is 11.7 Å². The summed E-state index contributed by atoms with van der Waals surface area (Å²) in [6, 6.07) is 19.5. The van der Waals surface area contributed by atoms with Crippen LogP contribution in [0.15, 0.2) is 65.8 Å². The first-order chi connectivity index (χ1) is 14.1. The lowest BCUT2D eigenvalue weighted by Crippen LogP contribution is -2.28. The fourth-order valence-electron chi connectivity index (χ4n) is 3.00. The van der Waals surface area contributed by atoms with Gasteiger partial charge in [0.05, 0.1) is 11.8 Å². The zero-order chi connectivity index (χ0) is 20.6. The van der Waals surface area contributed by atoms with Crippen LogP contribution in [0.1, 0.15) is 44.3 Å². The molecular weight excluding hydrogens is 384 g/mol. The van der Waals surface area contributed by atoms with E-state index >= 15 is 0 Å². The quantitative estimate of drug-likeness (QED) is 0.529. The van der Waals surface area contributed by atoms with Crippen LogP contribution in [0, 0.1) is 0 Å². The van der Waals surface area contributed by atoms with E-state index in [9.17, 15) is 4.79 Å². The molecule has 0 spiro atoms. The summed E-state index contributed by atoms with van der Waals surface area (Å²) in [5, 5.41) is 12.3. The van der Waals surface area contributed by atoms with Crippen LogP contribution in [-0.4, -0.2) is 26.4 Å². The fourth-order valence-corrected chi connectivity index (χ4v) is 3.82. The van der Waals surface area contributed by atoms with Crippen molar-refractivity contribution >= 4 is 17.7 Å². The Kier molecular flexibility index (Phi) is 7.30. The highest BCUT2D eigenvalue weighted by atomic mass is 32.2. The van der Waals surface area contributed by atoms with Crippen LogP contribution in [0.4, 0.5) is 0 Å². The Morgan fingerprint density at radius 3 is 2.38 bits per heavy atom. The minimum absolute atomic E-state index is 0.0351. The Labute approximate surface area is 175 Å². The van der Waals surface area contributed by atoms with Gasteiger partial charge < -0.3 is 14.6 Å². The highest BCUT2D eigenvalue weighted by Crippen LogP contribution is 2.24. The third-order valence-corrected chi connectivity index (χ3v) is 5.46. The normalized spacial score (nSPS) is 12.9. The molecule has 2 atom stereocenters. The van der Waals surface area contributed by atoms with Crippen LogP contribution >= 0.6 is 11.8 Å². The summed E-state index contributed by atoms with van der Waals surface area (Å²) in [6.45, 7) is 6.66. The number of nitrogens with one attached hydrogen (secondary N) is 1. The second kappa shape index (κ2) is 10.1. The number of aromatic nitrogens is 3. The van der Waals surface area contributed by atoms with Crippen molar-refractivity contribution in [1.82, 2.24) is 20.1 Å². The number of nitrogens with zero attached hydrogens (tertiary/aromatic N) is 3. The number of hydrogen-bond donors (Lipinski definition) is 1. The van der Waals surface area contributed by atoms with Crippen LogP contribution in [0.5, 0.6) is 5.75 Å². The van der Waals surface area contributed by atoms with Crippen molar-refractivity contribution in [3.63, 3.8) is 0 Å². The average molecular weight is 411 g/mol. The summed E-state index contributed by atoms with van der Waals surface area (Å²) in [5.41, 5.74) is 1.08. The lowest BCUT2D eigenvalue weighted by Gasteiger charge is -2.16. The van der Waals surface area contributed by atoms with Gasteiger partial charge in [-0.2, -0.15) is 0 Å². The minimum Gasteiger partial charge on any atom is -0.483 e. The van der Waals surface area contributed by atoms with Crippen molar-refractivity contribution in [3.8, 4) is 5.75 Å². The van der Waals surface area contributed by atoms with Gasteiger partial charge in [0.15, 0.2) is 17.1 Å². The van der Waals surface area contributed by atoms with E-state index in [1.807, 2.05) is 86.0 Å². The molecule has 0 aliphatic heterocycles. The number of benzene rings is 2. The van der Waals surface area contributed by atoms with E-state index in [1.54, 1.807) is 0 Å². The first-order valence-electron chi connectivity index (χ1n) is 9.70. The molecule has 1 heterocycles. The Bertz CT molecular complexity index is 915. The zero-order valence-corrected chi connectivity index (χ0v) is 17.7. The Morgan fingerprint density at radius 1 is 1.07 bits per heavy atom. The number of amides is 1. The summed E-state index contributed by atoms with van der Waals surface area (Å²) in [4.78, 5) is 12.4. The molecule has 0 fully saturated rings. The standard InChI is InChI=1S/C22H26N4O2S/c1-4-26-21(17(3)28-19-13-9-6-10-14-19)24-25-22(26)29-15-20(27)23-16(2)18-11-7-5-8-12-18/h5-14,16-17H,4,15H2,1-3H3,(H,23,27)/t16-,17+/m1/s1. The molecule has 6 nitrogen and oxygen atoms in total. The Hall–Kier alpha value is -2.80. The van der Waals surface area contributed by atoms with Gasteiger partial charge in [0, 0.05) is 6.54 Å². The van der Waals surface area contributed by atoms with Crippen molar-refractivity contribution in [3.05, 3.63) is 72.1 Å². The molecule has 7 heteroatoms. The van der Waals surface area contributed by atoms with Gasteiger partial charge in [-0.15, -0.1) is 10.2 Å². The number of rotatable bonds is 9. The van der Waals surface area contributed by atoms with Crippen LogP contribution in [-0.2, 0) is 11.3 Å². The summed E-state index contributed by atoms with van der Waals surface area (Å²) in [6.07, 6.45) is -0.244. The van der Waals surface area contributed by atoms with Crippen LogP contribution < -0.4 is 10.1 Å². The second-order valence-electron chi connectivity index (χ2n) is 6.65. The predicted octanol–water partition coefficient (Wildman–Crippen LogP) is 4.41. The molecule has 0 aliphatic carbocycles. The topological polar surface area (TPSA) is 69.0 Å². The molecule has 152 valence electrons. The molecule has 0 bridgehead atoms. The molecular formula is C22H26N4O2S. The molecule has 3 aromatic rings. The molecule has 0 aliphatic rings. The number of ether oxygens (including phenoxy) is 1. The van der Waals surface area contributed by atoms with E-state index < -0.39 is 0 Å². The van der Waals surface area contributed by atoms with Crippen molar-refractivity contribution < 1.29 is 9.53 Å². The first-order valence-corrected chi connectivity index (χ1v) is 10.7. The summed E-state index contributed by atoms with van der Waals surface area (Å²) in [5.74, 6) is 1.78. The third kappa shape index (κ3) is 5.60. The van der Waals surface area contributed by atoms with Crippen molar-refractivity contribution in [1.29, 1.82) is 0 Å². The van der Waals surface area contributed by atoms with E-state index in [2.05, 4.69) is 15.5 Å². The van der Waals surface area contributed by atoms with Gasteiger partial charge in [0.1, 0.15) is 5.75 Å². The third-order valence-electron chi connectivity index (χ3n) is 4.49. The van der Waals surface area contributed by atoms with E-state index in [0.717, 1.165) is 17.1 Å². The summed E-state index contributed by atoms with van der Waals surface area (Å²) < 4.78 is 7.96. The van der Waals surface area contributed by atoms with E-state index in [4.69, 9.17) is 4.74 Å². The molecule has 0 saturated carbocycles. The summed E-state index contributed by atoms with van der Waals surface area (Å²) >= 11 is 1.38. The molecule has 1 N–H and O–H groups in total. The van der Waals surface area contributed by atoms with E-state index in [1.165, 1.54) is 11.8 Å². The van der Waals surface area contributed by atoms with Gasteiger partial charge in [0.2, 0.25) is 5.91 Å². The van der Waals surface area contributed by atoms with Crippen molar-refractivity contribution in [2.45, 2.75) is 44.6 Å². The Morgan fingerprint density at radius 2 is 1.72 bits per heavy atom. The van der Waals surface area contributed by atoms with Crippen LogP contribution in [0.2, 0.25) is 0 Å². The lowest BCUT2D eigenvalue weighted by atomic mass is 10.1. The maximum absolute atomic E-state index is 12.4. The van der Waals surface area contributed by atoms with Crippen molar-refractivity contribution in [2.75, 3.05) is 5.75 Å². The highest BCUT2D eigenvalue weighted by molar-refractivity contribution is 7.99. The second-order valence-corrected chi connectivity index (χ2v) is 7.59. The van der Waals surface area contributed by atoms with Crippen LogP contribution in [0.3, 0.4) is 0 Å². The SMILES string of the molecule is CCn1c(SCC(=O)N[C@H](C)c2ccccc2)nnc1[C@H](C)Oc1ccccc1. The average Bonchev–Trinajstić information content (AvgIpc) is 3.16. The first kappa shape index (κ1) is 20.9. The minimum atomic E-state index is -0.244. The van der Waals surface area contributed by atoms with Gasteiger partial charge >= 0.3 is 0 Å². The molecule has 1 aromatic heterocycles. The maximum Gasteiger partial charge on any atom is 0.230 e. The molecule has 2 aromatic carbocycles. The van der Waals surface area contributed by atoms with Gasteiger partial charge in [-0.25, -0.2) is 0 Å². The fraction of sp³-hybridized carbons (Fsp3) is 0.318. The van der Waals surface area contributed by atoms with Gasteiger partial charge in [-0.1, -0.05) is 60.3 Å². The number of carbonyl (C=O) groups excluding carboxylic acids is 1. The Balaban J connectivity index is 1.59. The number of carbonyl (C=O) groups is 1.